The fourth-order valence-electron chi connectivity index (χ4n) is 1.98. The third-order valence-corrected chi connectivity index (χ3v) is 2.74. The SMILES string of the molecule is CCOc1cc2ccccc2c(F)c1CCN. The molecule has 0 radical (unpaired) electrons. The average molecular weight is 233 g/mol. The van der Waals surface area contributed by atoms with Gasteiger partial charge < -0.3 is 10.5 Å². The summed E-state index contributed by atoms with van der Waals surface area (Å²) >= 11 is 0. The lowest BCUT2D eigenvalue weighted by Crippen LogP contribution is -2.07. The molecule has 0 aliphatic carbocycles. The maximum absolute atomic E-state index is 14.3. The van der Waals surface area contributed by atoms with Crippen LogP contribution in [-0.4, -0.2) is 13.2 Å². The zero-order valence-electron chi connectivity index (χ0n) is 9.87. The summed E-state index contributed by atoms with van der Waals surface area (Å²) in [5, 5.41) is 1.48. The standard InChI is InChI=1S/C14H16FNO/c1-2-17-13-9-10-5-3-4-6-11(10)14(15)12(13)7-8-16/h3-6,9H,2,7-8,16H2,1H3. The van der Waals surface area contributed by atoms with E-state index in [0.717, 1.165) is 5.39 Å². The molecule has 2 N–H and O–H groups in total. The summed E-state index contributed by atoms with van der Waals surface area (Å²) in [6, 6.07) is 9.26. The van der Waals surface area contributed by atoms with Crippen molar-refractivity contribution < 1.29 is 9.13 Å². The largest absolute Gasteiger partial charge is 0.493 e. The van der Waals surface area contributed by atoms with Gasteiger partial charge in [-0.05, 0) is 31.3 Å². The molecule has 0 amide bonds. The number of benzene rings is 2. The van der Waals surface area contributed by atoms with E-state index >= 15 is 0 Å². The second kappa shape index (κ2) is 5.15. The Hall–Kier alpha value is -1.61. The molecule has 0 unspecified atom stereocenters. The third-order valence-electron chi connectivity index (χ3n) is 2.74. The van der Waals surface area contributed by atoms with E-state index in [1.807, 2.05) is 31.2 Å². The smallest absolute Gasteiger partial charge is 0.137 e. The fraction of sp³-hybridized carbons (Fsp3) is 0.286. The zero-order chi connectivity index (χ0) is 12.3. The van der Waals surface area contributed by atoms with Crippen molar-refractivity contribution in [2.24, 2.45) is 5.73 Å². The van der Waals surface area contributed by atoms with Crippen LogP contribution in [0.15, 0.2) is 30.3 Å². The second-order valence-electron chi connectivity index (χ2n) is 3.86. The molecular formula is C14H16FNO. The number of nitrogens with two attached hydrogens (primary N) is 1. The summed E-state index contributed by atoms with van der Waals surface area (Å²) in [4.78, 5) is 0. The number of hydrogen-bond acceptors (Lipinski definition) is 2. The van der Waals surface area contributed by atoms with Crippen LogP contribution in [0.25, 0.3) is 10.8 Å². The molecule has 0 spiro atoms. The molecule has 0 aromatic heterocycles. The number of rotatable bonds is 4. The minimum absolute atomic E-state index is 0.211. The lowest BCUT2D eigenvalue weighted by atomic mass is 10.0. The van der Waals surface area contributed by atoms with E-state index in [1.165, 1.54) is 0 Å². The predicted octanol–water partition coefficient (Wildman–Crippen LogP) is 2.88. The summed E-state index contributed by atoms with van der Waals surface area (Å²) in [6.07, 6.45) is 0.492. The topological polar surface area (TPSA) is 35.2 Å². The first-order chi connectivity index (χ1) is 8.27. The zero-order valence-corrected chi connectivity index (χ0v) is 9.87. The van der Waals surface area contributed by atoms with Crippen LogP contribution in [0.4, 0.5) is 4.39 Å². The van der Waals surface area contributed by atoms with Crippen LogP contribution in [0.2, 0.25) is 0 Å². The van der Waals surface area contributed by atoms with Crippen molar-refractivity contribution in [3.05, 3.63) is 41.7 Å². The highest BCUT2D eigenvalue weighted by molar-refractivity contribution is 5.85. The van der Waals surface area contributed by atoms with E-state index in [0.29, 0.717) is 36.3 Å². The van der Waals surface area contributed by atoms with Crippen molar-refractivity contribution in [1.29, 1.82) is 0 Å². The summed E-state index contributed by atoms with van der Waals surface area (Å²) in [5.74, 6) is 0.395. The number of fused-ring (bicyclic) bond motifs is 1. The van der Waals surface area contributed by atoms with Crippen LogP contribution in [0.1, 0.15) is 12.5 Å². The second-order valence-corrected chi connectivity index (χ2v) is 3.86. The molecule has 2 rings (SSSR count). The summed E-state index contributed by atoms with van der Waals surface area (Å²) in [7, 11) is 0. The average Bonchev–Trinajstić information content (AvgIpc) is 2.34. The number of ether oxygens (including phenoxy) is 1. The molecule has 0 atom stereocenters. The Morgan fingerprint density at radius 1 is 1.29 bits per heavy atom. The molecule has 2 aromatic carbocycles. The van der Waals surface area contributed by atoms with Crippen LogP contribution in [0, 0.1) is 5.82 Å². The number of hydrogen-bond donors (Lipinski definition) is 1. The predicted molar refractivity (Wildman–Crippen MR) is 67.8 cm³/mol. The third kappa shape index (κ3) is 2.24. The van der Waals surface area contributed by atoms with Gasteiger partial charge in [0.2, 0.25) is 0 Å². The molecule has 3 heteroatoms. The summed E-state index contributed by atoms with van der Waals surface area (Å²) in [6.45, 7) is 2.82. The van der Waals surface area contributed by atoms with Crippen LogP contribution in [0.5, 0.6) is 5.75 Å². The normalized spacial score (nSPS) is 10.8. The molecule has 2 aromatic rings. The van der Waals surface area contributed by atoms with Crippen molar-refractivity contribution in [3.63, 3.8) is 0 Å². The van der Waals surface area contributed by atoms with Crippen LogP contribution in [-0.2, 0) is 6.42 Å². The molecule has 0 heterocycles. The Bertz CT molecular complexity index is 525. The van der Waals surface area contributed by atoms with E-state index in [4.69, 9.17) is 10.5 Å². The molecule has 0 saturated heterocycles. The van der Waals surface area contributed by atoms with Gasteiger partial charge in [-0.3, -0.25) is 0 Å². The first-order valence-electron chi connectivity index (χ1n) is 5.81. The van der Waals surface area contributed by atoms with Gasteiger partial charge in [-0.25, -0.2) is 4.39 Å². The van der Waals surface area contributed by atoms with E-state index < -0.39 is 0 Å². The summed E-state index contributed by atoms with van der Waals surface area (Å²) in [5.41, 5.74) is 6.09. The van der Waals surface area contributed by atoms with Crippen molar-refractivity contribution in [1.82, 2.24) is 0 Å². The van der Waals surface area contributed by atoms with E-state index in [9.17, 15) is 4.39 Å². The minimum atomic E-state index is -0.211. The molecule has 0 saturated carbocycles. The fourth-order valence-corrected chi connectivity index (χ4v) is 1.98. The van der Waals surface area contributed by atoms with Crippen molar-refractivity contribution in [3.8, 4) is 5.75 Å². The highest BCUT2D eigenvalue weighted by Gasteiger charge is 2.13. The van der Waals surface area contributed by atoms with Gasteiger partial charge in [-0.15, -0.1) is 0 Å². The monoisotopic (exact) mass is 233 g/mol. The van der Waals surface area contributed by atoms with Gasteiger partial charge in [0.05, 0.1) is 6.61 Å². The van der Waals surface area contributed by atoms with Gasteiger partial charge in [0.1, 0.15) is 11.6 Å². The van der Waals surface area contributed by atoms with Crippen molar-refractivity contribution in [2.75, 3.05) is 13.2 Å². The molecule has 2 nitrogen and oxygen atoms in total. The van der Waals surface area contributed by atoms with Crippen molar-refractivity contribution in [2.45, 2.75) is 13.3 Å². The molecular weight excluding hydrogens is 217 g/mol. The lowest BCUT2D eigenvalue weighted by Gasteiger charge is -2.13. The maximum Gasteiger partial charge on any atom is 0.137 e. The Labute approximate surface area is 100 Å². The van der Waals surface area contributed by atoms with E-state index in [-0.39, 0.29) is 5.82 Å². The molecule has 0 fully saturated rings. The van der Waals surface area contributed by atoms with Crippen molar-refractivity contribution >= 4 is 10.8 Å². The maximum atomic E-state index is 14.3. The molecule has 0 aliphatic heterocycles. The summed E-state index contributed by atoms with van der Waals surface area (Å²) < 4.78 is 19.8. The Morgan fingerprint density at radius 3 is 2.76 bits per heavy atom. The van der Waals surface area contributed by atoms with Crippen LogP contribution >= 0.6 is 0 Å². The highest BCUT2D eigenvalue weighted by Crippen LogP contribution is 2.30. The van der Waals surface area contributed by atoms with Gasteiger partial charge >= 0.3 is 0 Å². The van der Waals surface area contributed by atoms with Gasteiger partial charge in [-0.2, -0.15) is 0 Å². The molecule has 17 heavy (non-hydrogen) atoms. The Balaban J connectivity index is 2.65. The Morgan fingerprint density at radius 2 is 2.06 bits per heavy atom. The van der Waals surface area contributed by atoms with Crippen LogP contribution in [0.3, 0.4) is 0 Å². The first-order valence-corrected chi connectivity index (χ1v) is 5.81. The van der Waals surface area contributed by atoms with Gasteiger partial charge in [0.25, 0.3) is 0 Å². The van der Waals surface area contributed by atoms with E-state index in [2.05, 4.69) is 0 Å². The minimum Gasteiger partial charge on any atom is -0.493 e. The van der Waals surface area contributed by atoms with Gasteiger partial charge in [0, 0.05) is 10.9 Å². The van der Waals surface area contributed by atoms with Gasteiger partial charge in [0.15, 0.2) is 0 Å². The Kier molecular flexibility index (Phi) is 3.59. The molecule has 0 aliphatic rings. The molecule has 90 valence electrons. The molecule has 0 bridgehead atoms. The number of halogens is 1. The van der Waals surface area contributed by atoms with E-state index in [1.54, 1.807) is 6.07 Å². The lowest BCUT2D eigenvalue weighted by molar-refractivity contribution is 0.334. The van der Waals surface area contributed by atoms with Gasteiger partial charge in [-0.1, -0.05) is 24.3 Å². The first kappa shape index (κ1) is 11.9. The van der Waals surface area contributed by atoms with Crippen LogP contribution < -0.4 is 10.5 Å². The quantitative estimate of drug-likeness (QED) is 0.881. The highest BCUT2D eigenvalue weighted by atomic mass is 19.1.